The summed E-state index contributed by atoms with van der Waals surface area (Å²) >= 11 is 1.39. The number of thiazole rings is 1. The van der Waals surface area contributed by atoms with Crippen molar-refractivity contribution < 1.29 is 22.7 Å². The van der Waals surface area contributed by atoms with Gasteiger partial charge in [0.05, 0.1) is 11.1 Å². The molecule has 0 radical (unpaired) electrons. The third kappa shape index (κ3) is 6.50. The van der Waals surface area contributed by atoms with Crippen LogP contribution in [0.5, 0.6) is 5.75 Å². The zero-order valence-corrected chi connectivity index (χ0v) is 21.5. The van der Waals surface area contributed by atoms with Crippen LogP contribution in [0.2, 0.25) is 0 Å². The molecule has 1 atom stereocenters. The normalized spacial score (nSPS) is 18.2. The fraction of sp³-hybridized carbons (Fsp3) is 0.600. The Morgan fingerprint density at radius 2 is 1.97 bits per heavy atom. The number of carbonyl (C=O) groups is 1. The minimum atomic E-state index is -4.57. The molecule has 1 saturated heterocycles. The minimum Gasteiger partial charge on any atom is -0.491 e. The second-order valence-corrected chi connectivity index (χ2v) is 11.4. The van der Waals surface area contributed by atoms with Crippen LogP contribution in [0.3, 0.4) is 0 Å². The highest BCUT2D eigenvalue weighted by molar-refractivity contribution is 7.09. The molecule has 1 amide bonds. The molecule has 1 aliphatic heterocycles. The Labute approximate surface area is 203 Å². The van der Waals surface area contributed by atoms with Crippen molar-refractivity contribution in [2.45, 2.75) is 71.6 Å². The van der Waals surface area contributed by atoms with Gasteiger partial charge in [-0.25, -0.2) is 0 Å². The maximum atomic E-state index is 13.4. The lowest BCUT2D eigenvalue weighted by Crippen LogP contribution is -2.30. The molecule has 1 aliphatic rings. The molecule has 2 heterocycles. The molecule has 0 spiro atoms. The van der Waals surface area contributed by atoms with E-state index in [0.29, 0.717) is 23.9 Å². The number of hydrogen-bond acceptors (Lipinski definition) is 4. The van der Waals surface area contributed by atoms with Crippen LogP contribution in [-0.4, -0.2) is 41.6 Å². The van der Waals surface area contributed by atoms with E-state index in [1.165, 1.54) is 17.4 Å². The number of likely N-dealkylation sites (N-methyl/N-ethyl adjacent to an activating group) is 1. The second kappa shape index (κ2) is 10.2. The van der Waals surface area contributed by atoms with Crippen LogP contribution < -0.4 is 9.54 Å². The number of nitrogens with zero attached hydrogens (tertiary/aromatic N) is 3. The van der Waals surface area contributed by atoms with E-state index < -0.39 is 17.6 Å². The van der Waals surface area contributed by atoms with E-state index in [4.69, 9.17) is 4.74 Å². The average Bonchev–Trinajstić information content (AvgIpc) is 3.31. The molecule has 2 aromatic rings. The third-order valence-corrected chi connectivity index (χ3v) is 7.30. The van der Waals surface area contributed by atoms with Crippen molar-refractivity contribution in [3.8, 4) is 5.75 Å². The third-order valence-electron chi connectivity index (χ3n) is 5.86. The molecule has 3 rings (SSSR count). The summed E-state index contributed by atoms with van der Waals surface area (Å²) < 4.78 is 48.1. The van der Waals surface area contributed by atoms with E-state index in [2.05, 4.69) is 44.5 Å². The monoisotopic (exact) mass is 497 g/mol. The van der Waals surface area contributed by atoms with Gasteiger partial charge in [0.1, 0.15) is 12.4 Å². The molecular weight excluding hydrogens is 463 g/mol. The Morgan fingerprint density at radius 1 is 1.26 bits per heavy atom. The van der Waals surface area contributed by atoms with Crippen molar-refractivity contribution in [2.24, 2.45) is 10.9 Å². The number of hydrogen-bond donors (Lipinski definition) is 0. The number of benzene rings is 1. The summed E-state index contributed by atoms with van der Waals surface area (Å²) in [5.74, 6) is -0.293. The molecule has 0 aliphatic carbocycles. The SMILES string of the molecule is CC(C)Cn1cc(C(C)(C)C)s/c1=N\C(=O)c1cc(C(F)(F)F)ccc1OC[C@@H]1CCCN1C. The van der Waals surface area contributed by atoms with Crippen LogP contribution in [-0.2, 0) is 18.1 Å². The molecule has 9 heteroatoms. The van der Waals surface area contributed by atoms with Gasteiger partial charge in [-0.2, -0.15) is 18.2 Å². The average molecular weight is 498 g/mol. The van der Waals surface area contributed by atoms with Gasteiger partial charge in [-0.1, -0.05) is 34.6 Å². The highest BCUT2D eigenvalue weighted by Gasteiger charge is 2.32. The van der Waals surface area contributed by atoms with Crippen LogP contribution in [0.4, 0.5) is 13.2 Å². The molecule has 188 valence electrons. The van der Waals surface area contributed by atoms with Gasteiger partial charge in [-0.05, 0) is 56.0 Å². The van der Waals surface area contributed by atoms with Gasteiger partial charge in [-0.15, -0.1) is 11.3 Å². The molecule has 0 unspecified atom stereocenters. The fourth-order valence-corrected chi connectivity index (χ4v) is 4.92. The van der Waals surface area contributed by atoms with E-state index in [-0.39, 0.29) is 22.8 Å². The Hall–Kier alpha value is -2.13. The summed E-state index contributed by atoms with van der Waals surface area (Å²) in [5.41, 5.74) is -1.21. The summed E-state index contributed by atoms with van der Waals surface area (Å²) in [6.45, 7) is 12.3. The molecular formula is C25H34F3N3O2S. The first-order valence-electron chi connectivity index (χ1n) is 11.6. The molecule has 1 aromatic heterocycles. The van der Waals surface area contributed by atoms with Gasteiger partial charge >= 0.3 is 6.18 Å². The lowest BCUT2D eigenvalue weighted by molar-refractivity contribution is -0.137. The molecule has 1 fully saturated rings. The largest absolute Gasteiger partial charge is 0.491 e. The van der Waals surface area contributed by atoms with Crippen LogP contribution in [0.25, 0.3) is 0 Å². The lowest BCUT2D eigenvalue weighted by Gasteiger charge is -2.20. The molecule has 0 saturated carbocycles. The van der Waals surface area contributed by atoms with Crippen LogP contribution >= 0.6 is 11.3 Å². The summed E-state index contributed by atoms with van der Waals surface area (Å²) in [4.78, 5) is 21.2. The smallest absolute Gasteiger partial charge is 0.416 e. The van der Waals surface area contributed by atoms with Crippen LogP contribution in [0.1, 0.15) is 68.3 Å². The number of halogens is 3. The minimum absolute atomic E-state index is 0.130. The van der Waals surface area contributed by atoms with Crippen LogP contribution in [0, 0.1) is 5.92 Å². The topological polar surface area (TPSA) is 46.8 Å². The maximum Gasteiger partial charge on any atom is 0.416 e. The zero-order chi connectivity index (χ0) is 25.3. The number of likely N-dealkylation sites (tertiary alicyclic amines) is 1. The van der Waals surface area contributed by atoms with Gasteiger partial charge in [-0.3, -0.25) is 4.79 Å². The molecule has 0 N–H and O–H groups in total. The van der Waals surface area contributed by atoms with Crippen molar-refractivity contribution in [1.82, 2.24) is 9.47 Å². The quantitative estimate of drug-likeness (QED) is 0.512. The van der Waals surface area contributed by atoms with E-state index in [9.17, 15) is 18.0 Å². The summed E-state index contributed by atoms with van der Waals surface area (Å²) in [6.07, 6.45) is -0.594. The fourth-order valence-electron chi connectivity index (χ4n) is 3.86. The van der Waals surface area contributed by atoms with Crippen molar-refractivity contribution in [1.29, 1.82) is 0 Å². The summed E-state index contributed by atoms with van der Waals surface area (Å²) in [7, 11) is 1.99. The van der Waals surface area contributed by atoms with Gasteiger partial charge in [0.25, 0.3) is 5.91 Å². The van der Waals surface area contributed by atoms with Crippen LogP contribution in [0.15, 0.2) is 29.4 Å². The standard InChI is InChI=1S/C25H34F3N3O2S/c1-16(2)13-31-14-21(24(3,4)5)34-23(31)29-22(32)19-12-17(25(26,27)28)9-10-20(19)33-15-18-8-7-11-30(18)6/h9-10,12,14,16,18H,7-8,11,13,15H2,1-6H3/b29-23-/t18-/m0/s1. The second-order valence-electron chi connectivity index (χ2n) is 10.4. The van der Waals surface area contributed by atoms with Gasteiger partial charge in [0.15, 0.2) is 4.80 Å². The number of rotatable bonds is 6. The first-order chi connectivity index (χ1) is 15.8. The van der Waals surface area contributed by atoms with E-state index in [1.807, 2.05) is 17.8 Å². The number of amides is 1. The van der Waals surface area contributed by atoms with E-state index >= 15 is 0 Å². The predicted molar refractivity (Wildman–Crippen MR) is 128 cm³/mol. The van der Waals surface area contributed by atoms with Crippen molar-refractivity contribution in [2.75, 3.05) is 20.2 Å². The Balaban J connectivity index is 2.02. The summed E-state index contributed by atoms with van der Waals surface area (Å²) in [5, 5.41) is 0. The number of carbonyl (C=O) groups excluding carboxylic acids is 1. The lowest BCUT2D eigenvalue weighted by atomic mass is 9.95. The number of aromatic nitrogens is 1. The first-order valence-corrected chi connectivity index (χ1v) is 12.4. The summed E-state index contributed by atoms with van der Waals surface area (Å²) in [6, 6.07) is 3.20. The Bertz CT molecular complexity index is 1080. The maximum absolute atomic E-state index is 13.4. The van der Waals surface area contributed by atoms with E-state index in [1.54, 1.807) is 0 Å². The number of alkyl halides is 3. The van der Waals surface area contributed by atoms with Crippen molar-refractivity contribution in [3.63, 3.8) is 0 Å². The predicted octanol–water partition coefficient (Wildman–Crippen LogP) is 5.74. The van der Waals surface area contributed by atoms with Gasteiger partial charge in [0, 0.05) is 23.7 Å². The van der Waals surface area contributed by atoms with Crippen molar-refractivity contribution in [3.05, 3.63) is 45.2 Å². The van der Waals surface area contributed by atoms with Crippen molar-refractivity contribution >= 4 is 17.2 Å². The molecule has 34 heavy (non-hydrogen) atoms. The first kappa shape index (κ1) is 26.5. The molecule has 0 bridgehead atoms. The Morgan fingerprint density at radius 3 is 2.53 bits per heavy atom. The highest BCUT2D eigenvalue weighted by atomic mass is 32.1. The van der Waals surface area contributed by atoms with E-state index in [0.717, 1.165) is 36.4 Å². The molecule has 1 aromatic carbocycles. The van der Waals surface area contributed by atoms with Gasteiger partial charge in [0.2, 0.25) is 0 Å². The van der Waals surface area contributed by atoms with Gasteiger partial charge < -0.3 is 14.2 Å². The Kier molecular flexibility index (Phi) is 7.97. The number of ether oxygens (including phenoxy) is 1. The zero-order valence-electron chi connectivity index (χ0n) is 20.7. The highest BCUT2D eigenvalue weighted by Crippen LogP contribution is 2.33. The molecule has 5 nitrogen and oxygen atoms in total.